The molecule has 1 fully saturated rings. The molecule has 2 amide bonds. The lowest BCUT2D eigenvalue weighted by Gasteiger charge is -2.32. The quantitative estimate of drug-likeness (QED) is 0.526. The Labute approximate surface area is 195 Å². The van der Waals surface area contributed by atoms with Gasteiger partial charge in [-0.15, -0.1) is 0 Å². The molecule has 2 N–H and O–H groups in total. The van der Waals surface area contributed by atoms with Gasteiger partial charge in [0.2, 0.25) is 0 Å². The van der Waals surface area contributed by atoms with E-state index in [0.29, 0.717) is 38.0 Å². The highest BCUT2D eigenvalue weighted by molar-refractivity contribution is 7.22. The number of nitrogens with one attached hydrogen (secondary N) is 2. The highest BCUT2D eigenvalue weighted by Crippen LogP contribution is 2.31. The van der Waals surface area contributed by atoms with Crippen LogP contribution in [0.5, 0.6) is 0 Å². The van der Waals surface area contributed by atoms with Crippen LogP contribution in [0.2, 0.25) is 5.02 Å². The van der Waals surface area contributed by atoms with Crippen LogP contribution in [0, 0.1) is 5.82 Å². The molecule has 0 saturated heterocycles. The maximum absolute atomic E-state index is 14.3. The predicted octanol–water partition coefficient (Wildman–Crippen LogP) is 5.25. The average molecular weight is 477 g/mol. The minimum atomic E-state index is -0.426. The number of carbonyl (C=O) groups is 1. The van der Waals surface area contributed by atoms with E-state index in [2.05, 4.69) is 39.6 Å². The minimum Gasteiger partial charge on any atom is -0.335 e. The molecule has 0 bridgehead atoms. The Morgan fingerprint density at radius 1 is 1.12 bits per heavy atom. The van der Waals surface area contributed by atoms with Crippen molar-refractivity contribution < 1.29 is 9.18 Å². The molecule has 4 rings (SSSR count). The summed E-state index contributed by atoms with van der Waals surface area (Å²) < 4.78 is 14.3. The Balaban J connectivity index is 1.41. The molecule has 0 unspecified atom stereocenters. The molecule has 7 nitrogen and oxygen atoms in total. The zero-order valence-corrected chi connectivity index (χ0v) is 19.8. The van der Waals surface area contributed by atoms with Gasteiger partial charge in [0.25, 0.3) is 0 Å². The van der Waals surface area contributed by atoms with Crippen molar-refractivity contribution in [2.24, 2.45) is 0 Å². The molecule has 0 radical (unpaired) electrons. The summed E-state index contributed by atoms with van der Waals surface area (Å²) in [6.45, 7) is 0. The van der Waals surface area contributed by atoms with Crippen LogP contribution < -0.4 is 15.5 Å². The minimum absolute atomic E-state index is 0.174. The molecule has 10 heteroatoms. The first-order valence-corrected chi connectivity index (χ1v) is 11.7. The Morgan fingerprint density at radius 3 is 2.56 bits per heavy atom. The third kappa shape index (κ3) is 5.11. The smallest absolute Gasteiger partial charge is 0.321 e. The number of hydrogen-bond acceptors (Lipinski definition) is 6. The molecule has 1 aliphatic carbocycles. The summed E-state index contributed by atoms with van der Waals surface area (Å²) in [4.78, 5) is 26.0. The number of anilines is 3. The summed E-state index contributed by atoms with van der Waals surface area (Å²) >= 11 is 7.13. The second-order valence-corrected chi connectivity index (χ2v) is 9.65. The molecule has 32 heavy (non-hydrogen) atoms. The van der Waals surface area contributed by atoms with Crippen LogP contribution in [0.25, 0.3) is 10.3 Å². The van der Waals surface area contributed by atoms with Crippen molar-refractivity contribution >= 4 is 56.0 Å². The predicted molar refractivity (Wildman–Crippen MR) is 129 cm³/mol. The molecule has 2 heterocycles. The van der Waals surface area contributed by atoms with E-state index >= 15 is 0 Å². The number of urea groups is 1. The lowest BCUT2D eigenvalue weighted by atomic mass is 9.91. The van der Waals surface area contributed by atoms with E-state index in [1.54, 1.807) is 30.1 Å². The van der Waals surface area contributed by atoms with Gasteiger partial charge < -0.3 is 15.1 Å². The Morgan fingerprint density at radius 2 is 1.88 bits per heavy atom. The molecule has 3 aromatic rings. The molecule has 1 saturated carbocycles. The highest BCUT2D eigenvalue weighted by atomic mass is 35.5. The van der Waals surface area contributed by atoms with Crippen molar-refractivity contribution in [3.8, 4) is 0 Å². The lowest BCUT2D eigenvalue weighted by Crippen LogP contribution is -2.43. The largest absolute Gasteiger partial charge is 0.335 e. The van der Waals surface area contributed by atoms with Gasteiger partial charge in [0.15, 0.2) is 5.13 Å². The molecule has 2 aromatic heterocycles. The lowest BCUT2D eigenvalue weighted by molar-refractivity contribution is 0.202. The molecule has 1 aromatic carbocycles. The fourth-order valence-electron chi connectivity index (χ4n) is 3.98. The molecule has 170 valence electrons. The normalized spacial score (nSPS) is 18.7. The Kier molecular flexibility index (Phi) is 6.78. The van der Waals surface area contributed by atoms with Gasteiger partial charge in [0.1, 0.15) is 22.0 Å². The number of fused-ring (bicyclic) bond motifs is 1. The van der Waals surface area contributed by atoms with E-state index in [1.165, 1.54) is 17.4 Å². The topological polar surface area (TPSA) is 73.4 Å². The number of benzene rings is 1. The van der Waals surface area contributed by atoms with Crippen LogP contribution in [-0.4, -0.2) is 54.1 Å². The second kappa shape index (κ2) is 9.56. The molecule has 0 spiro atoms. The number of hydrogen-bond donors (Lipinski definition) is 2. The average Bonchev–Trinajstić information content (AvgIpc) is 3.14. The summed E-state index contributed by atoms with van der Waals surface area (Å²) in [6.07, 6.45) is 4.09. The summed E-state index contributed by atoms with van der Waals surface area (Å²) in [5.74, 6) is 0.140. The van der Waals surface area contributed by atoms with Crippen LogP contribution in [0.1, 0.15) is 25.7 Å². The first-order chi connectivity index (χ1) is 15.3. The first kappa shape index (κ1) is 22.7. The molecule has 0 aliphatic heterocycles. The van der Waals surface area contributed by atoms with Crippen LogP contribution in [0.3, 0.4) is 0 Å². The van der Waals surface area contributed by atoms with Gasteiger partial charge in [-0.2, -0.15) is 0 Å². The van der Waals surface area contributed by atoms with Crippen molar-refractivity contribution in [1.82, 2.24) is 20.2 Å². The van der Waals surface area contributed by atoms with E-state index in [4.69, 9.17) is 11.6 Å². The Bertz CT molecular complexity index is 1110. The number of pyridine rings is 1. The van der Waals surface area contributed by atoms with E-state index in [9.17, 15) is 9.18 Å². The summed E-state index contributed by atoms with van der Waals surface area (Å²) in [5, 5.41) is 6.69. The fraction of sp³-hybridized carbons (Fsp3) is 0.409. The first-order valence-electron chi connectivity index (χ1n) is 10.5. The van der Waals surface area contributed by atoms with Crippen LogP contribution in [0.15, 0.2) is 30.3 Å². The monoisotopic (exact) mass is 476 g/mol. The van der Waals surface area contributed by atoms with Crippen LogP contribution >= 0.6 is 22.9 Å². The fourth-order valence-corrected chi connectivity index (χ4v) is 4.97. The van der Waals surface area contributed by atoms with Crippen molar-refractivity contribution in [2.75, 3.05) is 31.4 Å². The Hall–Kier alpha value is -2.49. The van der Waals surface area contributed by atoms with Gasteiger partial charge in [0.05, 0.1) is 5.69 Å². The van der Waals surface area contributed by atoms with E-state index in [1.807, 2.05) is 6.07 Å². The zero-order chi connectivity index (χ0) is 22.8. The third-order valence-corrected chi connectivity index (χ3v) is 6.95. The van der Waals surface area contributed by atoms with Gasteiger partial charge in [-0.25, -0.2) is 19.2 Å². The maximum Gasteiger partial charge on any atom is 0.321 e. The SMILES string of the molecule is CN(c1ccc2nc(NC(=O)NC3CCC(N(C)C)CC3)sc2n1)c1ccc(Cl)cc1F. The highest BCUT2D eigenvalue weighted by Gasteiger charge is 2.24. The zero-order valence-electron chi connectivity index (χ0n) is 18.2. The van der Waals surface area contributed by atoms with E-state index < -0.39 is 5.82 Å². The van der Waals surface area contributed by atoms with Crippen molar-refractivity contribution in [1.29, 1.82) is 0 Å². The number of amides is 2. The van der Waals surface area contributed by atoms with Gasteiger partial charge in [-0.3, -0.25) is 5.32 Å². The van der Waals surface area contributed by atoms with Gasteiger partial charge in [0, 0.05) is 24.2 Å². The van der Waals surface area contributed by atoms with Crippen molar-refractivity contribution in [3.05, 3.63) is 41.2 Å². The molecular weight excluding hydrogens is 451 g/mol. The van der Waals surface area contributed by atoms with Crippen LogP contribution in [-0.2, 0) is 0 Å². The number of carbonyl (C=O) groups excluding carboxylic acids is 1. The van der Waals surface area contributed by atoms with Gasteiger partial charge >= 0.3 is 6.03 Å². The van der Waals surface area contributed by atoms with Gasteiger partial charge in [-0.05, 0) is 70.1 Å². The van der Waals surface area contributed by atoms with Crippen molar-refractivity contribution in [3.63, 3.8) is 0 Å². The molecular formula is C22H26ClFN6OS. The van der Waals surface area contributed by atoms with Gasteiger partial charge in [-0.1, -0.05) is 22.9 Å². The molecule has 0 atom stereocenters. The standard InChI is InChI=1S/C22H26ClFN6OS/c1-29(2)15-7-5-14(6-8-15)25-21(31)28-22-26-17-9-11-19(27-20(17)32-22)30(3)18-10-4-13(23)12-16(18)24/h4,9-12,14-15H,5-8H2,1-3H3,(H2,25,26,28,31). The second-order valence-electron chi connectivity index (χ2n) is 8.24. The summed E-state index contributed by atoms with van der Waals surface area (Å²) in [5.41, 5.74) is 1.04. The summed E-state index contributed by atoms with van der Waals surface area (Å²) in [6, 6.07) is 8.60. The van der Waals surface area contributed by atoms with Crippen LogP contribution in [0.4, 0.5) is 25.8 Å². The van der Waals surface area contributed by atoms with E-state index in [0.717, 1.165) is 25.7 Å². The number of halogens is 2. The molecule has 1 aliphatic rings. The number of aromatic nitrogens is 2. The maximum atomic E-state index is 14.3. The number of nitrogens with zero attached hydrogens (tertiary/aromatic N) is 4. The number of rotatable bonds is 5. The number of thiazole rings is 1. The van der Waals surface area contributed by atoms with E-state index in [-0.39, 0.29) is 12.1 Å². The third-order valence-electron chi connectivity index (χ3n) is 5.84. The van der Waals surface area contributed by atoms with Crippen molar-refractivity contribution in [2.45, 2.75) is 37.8 Å². The summed E-state index contributed by atoms with van der Waals surface area (Å²) in [7, 11) is 5.93.